The van der Waals surface area contributed by atoms with Gasteiger partial charge in [-0.25, -0.2) is 0 Å². The highest BCUT2D eigenvalue weighted by Crippen LogP contribution is 2.64. The number of aliphatic carboxylic acids is 1. The van der Waals surface area contributed by atoms with Crippen molar-refractivity contribution >= 4 is 5.97 Å². The van der Waals surface area contributed by atoms with Gasteiger partial charge in [0.05, 0.1) is 6.10 Å². The first-order valence-corrected chi connectivity index (χ1v) is 12.5. The topological polar surface area (TPSA) is 57.5 Å². The summed E-state index contributed by atoms with van der Waals surface area (Å²) in [5, 5.41) is 19.3. The van der Waals surface area contributed by atoms with Crippen LogP contribution in [0.3, 0.4) is 0 Å². The summed E-state index contributed by atoms with van der Waals surface area (Å²) in [6.45, 7) is 14.2. The third-order valence-corrected chi connectivity index (χ3v) is 9.23. The molecule has 0 amide bonds. The van der Waals surface area contributed by atoms with E-state index in [1.54, 1.807) is 0 Å². The maximum Gasteiger partial charge on any atom is 0.303 e. The van der Waals surface area contributed by atoms with Crippen LogP contribution in [0.2, 0.25) is 0 Å². The number of aliphatic hydroxyl groups is 1. The molecule has 0 spiro atoms. The predicted molar refractivity (Wildman–Crippen MR) is 121 cm³/mol. The average molecular weight is 409 g/mol. The number of carbonyl (C=O) groups is 1. The van der Waals surface area contributed by atoms with Crippen LogP contribution in [0.1, 0.15) is 112 Å². The fraction of sp³-hybridized carbons (Fsp3) is 0.962. The van der Waals surface area contributed by atoms with Crippen molar-refractivity contribution in [2.45, 2.75) is 118 Å². The number of carboxylic acids is 1. The number of carboxylic acid groups (broad SMARTS) is 1. The van der Waals surface area contributed by atoms with E-state index in [1.165, 1.54) is 38.5 Å². The maximum atomic E-state index is 11.1. The van der Waals surface area contributed by atoms with Gasteiger partial charge in [0.1, 0.15) is 0 Å². The minimum Gasteiger partial charge on any atom is -0.481 e. The van der Waals surface area contributed by atoms with Gasteiger partial charge in [-0.3, -0.25) is 4.79 Å². The van der Waals surface area contributed by atoms with Gasteiger partial charge in [0.25, 0.3) is 0 Å². The molecule has 3 heteroatoms. The van der Waals surface area contributed by atoms with Gasteiger partial charge >= 0.3 is 5.97 Å². The summed E-state index contributed by atoms with van der Waals surface area (Å²) in [5.74, 6) is 2.85. The summed E-state index contributed by atoms with van der Waals surface area (Å²) in [7, 11) is 0. The molecule has 0 aromatic rings. The van der Waals surface area contributed by atoms with Gasteiger partial charge < -0.3 is 10.2 Å². The molecule has 2 aliphatic carbocycles. The zero-order chi connectivity index (χ0) is 21.8. The number of hydrogen-bond acceptors (Lipinski definition) is 2. The van der Waals surface area contributed by atoms with Crippen LogP contribution in [-0.2, 0) is 4.79 Å². The molecule has 0 saturated heterocycles. The molecule has 0 aliphatic heterocycles. The molecule has 29 heavy (non-hydrogen) atoms. The monoisotopic (exact) mass is 408 g/mol. The first-order valence-electron chi connectivity index (χ1n) is 12.5. The van der Waals surface area contributed by atoms with Gasteiger partial charge in [-0.05, 0) is 91.8 Å². The van der Waals surface area contributed by atoms with E-state index in [2.05, 4.69) is 41.5 Å². The van der Waals surface area contributed by atoms with Gasteiger partial charge in [0, 0.05) is 6.42 Å². The lowest BCUT2D eigenvalue weighted by molar-refractivity contribution is -0.137. The lowest BCUT2D eigenvalue weighted by atomic mass is 9.51. The highest BCUT2D eigenvalue weighted by atomic mass is 16.4. The van der Waals surface area contributed by atoms with Gasteiger partial charge in [-0.2, -0.15) is 0 Å². The Bertz CT molecular complexity index is 528. The van der Waals surface area contributed by atoms with Gasteiger partial charge in [-0.1, -0.05) is 54.4 Å². The second kappa shape index (κ2) is 10.2. The quantitative estimate of drug-likeness (QED) is 0.390. The van der Waals surface area contributed by atoms with Crippen molar-refractivity contribution < 1.29 is 15.0 Å². The van der Waals surface area contributed by atoms with E-state index in [4.69, 9.17) is 5.11 Å². The molecule has 170 valence electrons. The molecule has 0 heterocycles. The second-order valence-electron chi connectivity index (χ2n) is 11.4. The zero-order valence-electron chi connectivity index (χ0n) is 20.0. The molecule has 7 atom stereocenters. The maximum absolute atomic E-state index is 11.1. The lowest BCUT2D eigenvalue weighted by Crippen LogP contribution is -2.47. The first kappa shape index (κ1) is 24.7. The summed E-state index contributed by atoms with van der Waals surface area (Å²) < 4.78 is 0. The number of hydrogen-bond donors (Lipinski definition) is 2. The summed E-state index contributed by atoms with van der Waals surface area (Å²) >= 11 is 0. The Hall–Kier alpha value is -0.570. The Kier molecular flexibility index (Phi) is 8.65. The predicted octanol–water partition coefficient (Wildman–Crippen LogP) is 6.92. The van der Waals surface area contributed by atoms with E-state index >= 15 is 0 Å². The third-order valence-electron chi connectivity index (χ3n) is 9.23. The van der Waals surface area contributed by atoms with Crippen LogP contribution in [0.4, 0.5) is 0 Å². The molecular formula is C26H48O3. The minimum absolute atomic E-state index is 0.154. The smallest absolute Gasteiger partial charge is 0.303 e. The summed E-state index contributed by atoms with van der Waals surface area (Å²) in [6, 6.07) is 0. The molecule has 2 N–H and O–H groups in total. The van der Waals surface area contributed by atoms with Crippen molar-refractivity contribution in [3.8, 4) is 0 Å². The van der Waals surface area contributed by atoms with Crippen molar-refractivity contribution in [2.24, 2.45) is 40.4 Å². The largest absolute Gasteiger partial charge is 0.481 e. The Morgan fingerprint density at radius 1 is 1.17 bits per heavy atom. The molecule has 0 aromatic carbocycles. The van der Waals surface area contributed by atoms with E-state index < -0.39 is 5.97 Å². The lowest BCUT2D eigenvalue weighted by Gasteiger charge is -2.54. The van der Waals surface area contributed by atoms with Crippen LogP contribution in [-0.4, -0.2) is 22.3 Å². The minimum atomic E-state index is -0.653. The molecule has 2 aliphatic rings. The van der Waals surface area contributed by atoms with Gasteiger partial charge in [-0.15, -0.1) is 0 Å². The van der Waals surface area contributed by atoms with Crippen LogP contribution in [0.15, 0.2) is 0 Å². The van der Waals surface area contributed by atoms with Crippen molar-refractivity contribution in [3.05, 3.63) is 0 Å². The van der Waals surface area contributed by atoms with E-state index in [9.17, 15) is 9.90 Å². The Morgan fingerprint density at radius 3 is 2.45 bits per heavy atom. The highest BCUT2D eigenvalue weighted by molar-refractivity contribution is 5.66. The molecule has 2 rings (SSSR count). The van der Waals surface area contributed by atoms with Gasteiger partial charge in [0.2, 0.25) is 0 Å². The van der Waals surface area contributed by atoms with Crippen LogP contribution < -0.4 is 0 Å². The molecule has 2 fully saturated rings. The van der Waals surface area contributed by atoms with Crippen molar-refractivity contribution in [1.82, 2.24) is 0 Å². The Morgan fingerprint density at radius 2 is 1.86 bits per heavy atom. The zero-order valence-corrected chi connectivity index (χ0v) is 20.0. The normalized spacial score (nSPS) is 34.6. The first-order chi connectivity index (χ1) is 13.6. The third kappa shape index (κ3) is 5.57. The van der Waals surface area contributed by atoms with Crippen LogP contribution >= 0.6 is 0 Å². The standard InChI is InChI=1S/C26H48O3/c1-7-9-20-22(25(4,5)16-14-19(27)8-2)15-17-26(6)21(11-12-23(20)26)18(3)10-13-24(28)29/h18-23,27H,7-17H2,1-6H3,(H,28,29)/t18-,19+,20?,21-,22?,23?,26-/m1/s1. The van der Waals surface area contributed by atoms with Crippen molar-refractivity contribution in [3.63, 3.8) is 0 Å². The summed E-state index contributed by atoms with van der Waals surface area (Å²) in [6.07, 6.45) is 11.7. The number of aliphatic hydroxyl groups excluding tert-OH is 1. The van der Waals surface area contributed by atoms with Crippen molar-refractivity contribution in [2.75, 3.05) is 0 Å². The molecular weight excluding hydrogens is 360 g/mol. The SMILES string of the molecule is CCCC1C(C(C)(C)CC[C@@H](O)CC)CC[C@@]2(C)C1CC[C@@H]2[C@H](C)CCC(=O)O. The van der Waals surface area contributed by atoms with E-state index in [0.717, 1.165) is 43.4 Å². The number of fused-ring (bicyclic) bond motifs is 1. The number of rotatable bonds is 11. The van der Waals surface area contributed by atoms with Crippen LogP contribution in [0, 0.1) is 40.4 Å². The van der Waals surface area contributed by atoms with E-state index in [0.29, 0.717) is 23.7 Å². The molecule has 0 bridgehead atoms. The highest BCUT2D eigenvalue weighted by Gasteiger charge is 2.56. The average Bonchev–Trinajstić information content (AvgIpc) is 3.02. The second-order valence-corrected chi connectivity index (χ2v) is 11.4. The summed E-state index contributed by atoms with van der Waals surface area (Å²) in [5.41, 5.74) is 0.664. The van der Waals surface area contributed by atoms with Crippen LogP contribution in [0.25, 0.3) is 0 Å². The van der Waals surface area contributed by atoms with Gasteiger partial charge in [0.15, 0.2) is 0 Å². The fourth-order valence-corrected chi connectivity index (χ4v) is 7.45. The van der Waals surface area contributed by atoms with Crippen molar-refractivity contribution in [1.29, 1.82) is 0 Å². The fourth-order valence-electron chi connectivity index (χ4n) is 7.45. The van der Waals surface area contributed by atoms with E-state index in [1.807, 2.05) is 0 Å². The van der Waals surface area contributed by atoms with Crippen LogP contribution in [0.5, 0.6) is 0 Å². The van der Waals surface area contributed by atoms with E-state index in [-0.39, 0.29) is 11.5 Å². The molecule has 0 aromatic heterocycles. The molecule has 2 saturated carbocycles. The molecule has 0 radical (unpaired) electrons. The Labute approximate surface area is 180 Å². The summed E-state index contributed by atoms with van der Waals surface area (Å²) in [4.78, 5) is 11.1. The molecule has 3 nitrogen and oxygen atoms in total. The molecule has 3 unspecified atom stereocenters. The Balaban J connectivity index is 2.16.